The molecule has 0 saturated heterocycles. The molecule has 0 rings (SSSR count). The van der Waals surface area contributed by atoms with Gasteiger partial charge in [-0.15, -0.1) is 10.2 Å². The molecule has 0 heterocycles. The van der Waals surface area contributed by atoms with E-state index in [4.69, 9.17) is 0 Å². The molecule has 2 amide bonds. The van der Waals surface area contributed by atoms with E-state index in [2.05, 4.69) is 10.2 Å². The zero-order valence-corrected chi connectivity index (χ0v) is 8.53. The van der Waals surface area contributed by atoms with Crippen LogP contribution in [0.5, 0.6) is 0 Å². The number of hydrogen-bond donors (Lipinski definition) is 0. The average Bonchev–Trinajstić information content (AvgIpc) is 1.98. The summed E-state index contributed by atoms with van der Waals surface area (Å²) < 4.78 is -0.171. The largest absolute Gasteiger partial charge is 0.277 e. The molecule has 0 aliphatic rings. The molecule has 0 aliphatic heterocycles. The highest BCUT2D eigenvalue weighted by atomic mass is 127. The summed E-state index contributed by atoms with van der Waals surface area (Å²) in [5, 5.41) is 6.35. The molecule has 11 heavy (non-hydrogen) atoms. The fourth-order valence-corrected chi connectivity index (χ4v) is 0.482. The summed E-state index contributed by atoms with van der Waals surface area (Å²) in [6, 6.07) is 0. The van der Waals surface area contributed by atoms with Crippen molar-refractivity contribution in [1.29, 1.82) is 0 Å². The maximum absolute atomic E-state index is 10.9. The topological polar surface area (TPSA) is 58.9 Å². The Morgan fingerprint density at radius 1 is 1.45 bits per heavy atom. The summed E-state index contributed by atoms with van der Waals surface area (Å²) in [4.78, 5) is 21.1. The number of carbonyl (C=O) groups excluding carboxylic acids is 2. The lowest BCUT2D eigenvalue weighted by atomic mass is 10.3. The van der Waals surface area contributed by atoms with E-state index in [0.717, 1.165) is 0 Å². The van der Waals surface area contributed by atoms with E-state index in [1.165, 1.54) is 6.92 Å². The Bertz CT molecular complexity index is 191. The minimum atomic E-state index is -0.446. The SMILES string of the molecule is CCC(I)C(=O)N=NC(C)=O. The smallest absolute Gasteiger partial charge is 0.271 e. The first-order valence-corrected chi connectivity index (χ1v) is 4.42. The molecule has 0 radical (unpaired) electrons. The second-order valence-electron chi connectivity index (χ2n) is 1.93. The molecule has 5 heteroatoms. The third-order valence-electron chi connectivity index (χ3n) is 0.916. The highest BCUT2D eigenvalue weighted by Crippen LogP contribution is 2.06. The number of nitrogens with zero attached hydrogens (tertiary/aromatic N) is 2. The van der Waals surface area contributed by atoms with Crippen LogP contribution in [0.1, 0.15) is 20.3 Å². The first kappa shape index (κ1) is 10.7. The Hall–Kier alpha value is -0.330. The first-order chi connectivity index (χ1) is 5.07. The van der Waals surface area contributed by atoms with Crippen molar-refractivity contribution < 1.29 is 9.59 Å². The maximum atomic E-state index is 10.9. The van der Waals surface area contributed by atoms with E-state index in [1.807, 2.05) is 29.5 Å². The normalized spacial score (nSPS) is 13.4. The zero-order chi connectivity index (χ0) is 8.85. The van der Waals surface area contributed by atoms with E-state index in [1.54, 1.807) is 0 Å². The molecule has 0 bridgehead atoms. The number of alkyl halides is 1. The monoisotopic (exact) mass is 268 g/mol. The third-order valence-corrected chi connectivity index (χ3v) is 2.33. The van der Waals surface area contributed by atoms with Gasteiger partial charge in [0.05, 0.1) is 3.92 Å². The van der Waals surface area contributed by atoms with Crippen LogP contribution in [0.4, 0.5) is 0 Å². The standard InChI is InChI=1S/C6H9IN2O2/c1-3-5(7)6(11)9-8-4(2)10/h5H,3H2,1-2H3. The van der Waals surface area contributed by atoms with Gasteiger partial charge < -0.3 is 0 Å². The van der Waals surface area contributed by atoms with Crippen LogP contribution in [0, 0.1) is 0 Å². The Morgan fingerprint density at radius 2 is 2.00 bits per heavy atom. The number of azo groups is 1. The van der Waals surface area contributed by atoms with Crippen molar-refractivity contribution in [1.82, 2.24) is 0 Å². The van der Waals surface area contributed by atoms with Gasteiger partial charge in [-0.1, -0.05) is 29.5 Å². The van der Waals surface area contributed by atoms with Gasteiger partial charge in [0.2, 0.25) is 0 Å². The van der Waals surface area contributed by atoms with Crippen LogP contribution in [-0.4, -0.2) is 15.7 Å². The molecule has 62 valence electrons. The summed E-state index contributed by atoms with van der Waals surface area (Å²) >= 11 is 1.96. The van der Waals surface area contributed by atoms with E-state index in [0.29, 0.717) is 6.42 Å². The van der Waals surface area contributed by atoms with Crippen LogP contribution in [0.2, 0.25) is 0 Å². The van der Waals surface area contributed by atoms with Gasteiger partial charge in [0.15, 0.2) is 0 Å². The molecule has 0 spiro atoms. The van der Waals surface area contributed by atoms with Gasteiger partial charge in [-0.05, 0) is 6.42 Å². The van der Waals surface area contributed by atoms with Crippen molar-refractivity contribution >= 4 is 34.4 Å². The molecule has 0 fully saturated rings. The van der Waals surface area contributed by atoms with Crippen molar-refractivity contribution in [3.63, 3.8) is 0 Å². The Kier molecular flexibility index (Phi) is 5.18. The average molecular weight is 268 g/mol. The molecule has 0 N–H and O–H groups in total. The lowest BCUT2D eigenvalue weighted by Gasteiger charge is -1.96. The Morgan fingerprint density at radius 3 is 2.36 bits per heavy atom. The van der Waals surface area contributed by atoms with Gasteiger partial charge in [0.1, 0.15) is 0 Å². The van der Waals surface area contributed by atoms with Gasteiger partial charge in [-0.2, -0.15) is 0 Å². The maximum Gasteiger partial charge on any atom is 0.277 e. The minimum absolute atomic E-state index is 0.171. The van der Waals surface area contributed by atoms with Gasteiger partial charge >= 0.3 is 0 Å². The molecular weight excluding hydrogens is 259 g/mol. The summed E-state index contributed by atoms with van der Waals surface area (Å²) in [5.74, 6) is -0.790. The highest BCUT2D eigenvalue weighted by Gasteiger charge is 2.10. The van der Waals surface area contributed by atoms with Crippen molar-refractivity contribution in [3.05, 3.63) is 0 Å². The predicted molar refractivity (Wildman–Crippen MR) is 48.6 cm³/mol. The number of amides is 2. The van der Waals surface area contributed by atoms with E-state index >= 15 is 0 Å². The lowest BCUT2D eigenvalue weighted by Crippen LogP contribution is -2.08. The minimum Gasteiger partial charge on any atom is -0.271 e. The molecular formula is C6H9IN2O2. The molecule has 0 saturated carbocycles. The number of rotatable bonds is 2. The van der Waals surface area contributed by atoms with Crippen molar-refractivity contribution in [2.45, 2.75) is 24.2 Å². The van der Waals surface area contributed by atoms with Crippen LogP contribution >= 0.6 is 22.6 Å². The summed E-state index contributed by atoms with van der Waals surface area (Å²) in [6.45, 7) is 3.13. The fraction of sp³-hybridized carbons (Fsp3) is 0.667. The molecule has 0 aromatic heterocycles. The predicted octanol–water partition coefficient (Wildman–Crippen LogP) is 1.73. The van der Waals surface area contributed by atoms with Crippen LogP contribution in [0.25, 0.3) is 0 Å². The lowest BCUT2D eigenvalue weighted by molar-refractivity contribution is -0.120. The van der Waals surface area contributed by atoms with E-state index in [-0.39, 0.29) is 9.83 Å². The fourth-order valence-electron chi connectivity index (χ4n) is 0.357. The first-order valence-electron chi connectivity index (χ1n) is 3.18. The molecule has 0 aliphatic carbocycles. The second-order valence-corrected chi connectivity index (χ2v) is 3.44. The number of halogens is 1. The van der Waals surface area contributed by atoms with E-state index in [9.17, 15) is 9.59 Å². The number of hydrogen-bond acceptors (Lipinski definition) is 2. The van der Waals surface area contributed by atoms with Gasteiger partial charge in [0.25, 0.3) is 11.8 Å². The van der Waals surface area contributed by atoms with Crippen LogP contribution in [0.15, 0.2) is 10.2 Å². The molecule has 1 unspecified atom stereocenters. The van der Waals surface area contributed by atoms with Crippen LogP contribution < -0.4 is 0 Å². The Balaban J connectivity index is 3.96. The molecule has 0 aromatic carbocycles. The molecule has 0 aromatic rings. The van der Waals surface area contributed by atoms with Gasteiger partial charge in [-0.25, -0.2) is 0 Å². The number of carbonyl (C=O) groups is 2. The quantitative estimate of drug-likeness (QED) is 0.435. The van der Waals surface area contributed by atoms with Crippen molar-refractivity contribution in [2.75, 3.05) is 0 Å². The van der Waals surface area contributed by atoms with Gasteiger partial charge in [0, 0.05) is 6.92 Å². The highest BCUT2D eigenvalue weighted by molar-refractivity contribution is 14.1. The van der Waals surface area contributed by atoms with E-state index < -0.39 is 5.91 Å². The van der Waals surface area contributed by atoms with Crippen molar-refractivity contribution in [2.24, 2.45) is 10.2 Å². The third kappa shape index (κ3) is 5.00. The van der Waals surface area contributed by atoms with Gasteiger partial charge in [-0.3, -0.25) is 9.59 Å². The zero-order valence-electron chi connectivity index (χ0n) is 6.37. The van der Waals surface area contributed by atoms with Crippen molar-refractivity contribution in [3.8, 4) is 0 Å². The van der Waals surface area contributed by atoms with Crippen LogP contribution in [-0.2, 0) is 9.59 Å². The molecule has 1 atom stereocenters. The van der Waals surface area contributed by atoms with Crippen LogP contribution in [0.3, 0.4) is 0 Å². The Labute approximate surface area is 78.6 Å². The summed E-state index contributed by atoms with van der Waals surface area (Å²) in [5.41, 5.74) is 0. The summed E-state index contributed by atoms with van der Waals surface area (Å²) in [6.07, 6.45) is 0.705. The second kappa shape index (κ2) is 5.34. The summed E-state index contributed by atoms with van der Waals surface area (Å²) in [7, 11) is 0. The molecule has 4 nitrogen and oxygen atoms in total.